The molecule has 5 heteroatoms. The molecule has 0 unspecified atom stereocenters. The number of hydrogen-bond acceptors (Lipinski definition) is 4. The Bertz CT molecular complexity index is 697. The summed E-state index contributed by atoms with van der Waals surface area (Å²) in [6, 6.07) is 0. The third-order valence-electron chi connectivity index (χ3n) is 5.92. The highest BCUT2D eigenvalue weighted by Gasteiger charge is 2.23. The molecule has 1 aromatic heterocycles. The van der Waals surface area contributed by atoms with Crippen molar-refractivity contribution in [1.29, 1.82) is 0 Å². The third kappa shape index (κ3) is 13.6. The maximum absolute atomic E-state index is 12.3. The maximum atomic E-state index is 12.3. The van der Waals surface area contributed by atoms with Crippen molar-refractivity contribution in [3.05, 3.63) is 20.5 Å². The van der Waals surface area contributed by atoms with Crippen molar-refractivity contribution in [2.45, 2.75) is 143 Å². The van der Waals surface area contributed by atoms with Crippen LogP contribution in [-0.2, 0) is 11.2 Å². The average molecular weight is 574 g/mol. The van der Waals surface area contributed by atoms with Crippen LogP contribution < -0.4 is 4.74 Å². The second-order valence-corrected chi connectivity index (χ2v) is 11.4. The number of carbonyl (C=O) groups is 1. The molecule has 1 rings (SSSR count). The van der Waals surface area contributed by atoms with Crippen molar-refractivity contribution >= 4 is 28.7 Å². The van der Waals surface area contributed by atoms with Gasteiger partial charge in [0.1, 0.15) is 5.60 Å². The van der Waals surface area contributed by atoms with Gasteiger partial charge in [-0.15, -0.1) is 0 Å². The number of halogens is 1. The summed E-state index contributed by atoms with van der Waals surface area (Å²) < 4.78 is 11.9. The first-order chi connectivity index (χ1) is 15.7. The van der Waals surface area contributed by atoms with Crippen molar-refractivity contribution in [3.63, 3.8) is 0 Å². The second kappa shape index (κ2) is 16.7. The molecule has 4 nitrogen and oxygen atoms in total. The summed E-state index contributed by atoms with van der Waals surface area (Å²) in [6.45, 7) is 11.8. The minimum Gasteiger partial charge on any atom is -0.428 e. The zero-order chi connectivity index (χ0) is 24.7. The van der Waals surface area contributed by atoms with Gasteiger partial charge in [0.2, 0.25) is 0 Å². The molecular formula is C28H48INO3. The number of aryl methyl sites for hydroxylation is 2. The van der Waals surface area contributed by atoms with Gasteiger partial charge in [0.25, 0.3) is 0 Å². The molecule has 0 fully saturated rings. The Balaban J connectivity index is 2.33. The van der Waals surface area contributed by atoms with Crippen LogP contribution in [0.3, 0.4) is 0 Å². The summed E-state index contributed by atoms with van der Waals surface area (Å²) in [7, 11) is 0. The third-order valence-corrected chi connectivity index (χ3v) is 7.19. The number of ether oxygens (including phenoxy) is 2. The van der Waals surface area contributed by atoms with Crippen LogP contribution in [0.4, 0.5) is 4.79 Å². The highest BCUT2D eigenvalue weighted by molar-refractivity contribution is 14.1. The fourth-order valence-electron chi connectivity index (χ4n) is 4.08. The molecule has 0 amide bonds. The maximum Gasteiger partial charge on any atom is 0.514 e. The van der Waals surface area contributed by atoms with E-state index in [0.717, 1.165) is 33.4 Å². The van der Waals surface area contributed by atoms with Gasteiger partial charge in [0.15, 0.2) is 5.75 Å². The van der Waals surface area contributed by atoms with Gasteiger partial charge in [0, 0.05) is 11.3 Å². The Morgan fingerprint density at radius 3 is 1.70 bits per heavy atom. The number of pyridine rings is 1. The Morgan fingerprint density at radius 1 is 0.788 bits per heavy atom. The zero-order valence-corrected chi connectivity index (χ0v) is 24.3. The molecule has 0 saturated heterocycles. The van der Waals surface area contributed by atoms with E-state index in [1.165, 1.54) is 83.5 Å². The monoisotopic (exact) mass is 573 g/mol. The van der Waals surface area contributed by atoms with Crippen LogP contribution in [0.2, 0.25) is 0 Å². The predicted octanol–water partition coefficient (Wildman–Crippen LogP) is 9.64. The summed E-state index contributed by atoms with van der Waals surface area (Å²) in [5.41, 5.74) is 2.29. The first-order valence-electron chi connectivity index (χ1n) is 13.2. The molecule has 0 aliphatic heterocycles. The van der Waals surface area contributed by atoms with Crippen molar-refractivity contribution in [3.8, 4) is 5.75 Å². The average Bonchev–Trinajstić information content (AvgIpc) is 2.72. The molecule has 0 saturated carbocycles. The molecule has 190 valence electrons. The molecular weight excluding hydrogens is 525 g/mol. The van der Waals surface area contributed by atoms with Crippen molar-refractivity contribution in [1.82, 2.24) is 4.98 Å². The summed E-state index contributed by atoms with van der Waals surface area (Å²) in [5.74, 6) is 0.629. The van der Waals surface area contributed by atoms with E-state index in [9.17, 15) is 4.79 Å². The summed E-state index contributed by atoms with van der Waals surface area (Å²) in [4.78, 5) is 16.9. The molecule has 0 aliphatic carbocycles. The number of hydrogen-bond donors (Lipinski definition) is 0. The lowest BCUT2D eigenvalue weighted by Crippen LogP contribution is -2.26. The van der Waals surface area contributed by atoms with Crippen LogP contribution in [0.25, 0.3) is 0 Å². The lowest BCUT2D eigenvalue weighted by Gasteiger charge is -2.21. The first kappa shape index (κ1) is 30.2. The molecule has 1 heterocycles. The van der Waals surface area contributed by atoms with Crippen LogP contribution in [0.5, 0.6) is 5.75 Å². The fraction of sp³-hybridized carbons (Fsp3) is 0.786. The minimum absolute atomic E-state index is 0.575. The van der Waals surface area contributed by atoms with E-state index < -0.39 is 11.8 Å². The van der Waals surface area contributed by atoms with E-state index >= 15 is 0 Å². The van der Waals surface area contributed by atoms with Gasteiger partial charge in [-0.3, -0.25) is 4.98 Å². The van der Waals surface area contributed by atoms with Crippen molar-refractivity contribution < 1.29 is 14.3 Å². The van der Waals surface area contributed by atoms with Gasteiger partial charge >= 0.3 is 6.16 Å². The Morgan fingerprint density at radius 2 is 1.24 bits per heavy atom. The van der Waals surface area contributed by atoms with Crippen LogP contribution in [0.1, 0.15) is 135 Å². The Kier molecular flexibility index (Phi) is 15.3. The number of aromatic nitrogens is 1. The van der Waals surface area contributed by atoms with E-state index in [1.54, 1.807) is 0 Å². The molecule has 0 aromatic carbocycles. The molecule has 33 heavy (non-hydrogen) atoms. The molecule has 1 aromatic rings. The lowest BCUT2D eigenvalue weighted by molar-refractivity contribution is 0.0202. The Labute approximate surface area is 217 Å². The van der Waals surface area contributed by atoms with Gasteiger partial charge in [-0.1, -0.05) is 90.4 Å². The van der Waals surface area contributed by atoms with Gasteiger partial charge in [-0.2, -0.15) is 0 Å². The van der Waals surface area contributed by atoms with Crippen LogP contribution >= 0.6 is 22.6 Å². The molecule has 0 N–H and O–H groups in total. The molecule has 0 radical (unpaired) electrons. The fourth-order valence-corrected chi connectivity index (χ4v) is 4.64. The number of rotatable bonds is 16. The van der Waals surface area contributed by atoms with Crippen molar-refractivity contribution in [2.24, 2.45) is 0 Å². The smallest absolute Gasteiger partial charge is 0.428 e. The van der Waals surface area contributed by atoms with Crippen molar-refractivity contribution in [2.75, 3.05) is 0 Å². The zero-order valence-electron chi connectivity index (χ0n) is 22.2. The standard InChI is InChI=1S/C28H48INO3/c1-7-8-9-10-11-12-13-14-15-16-17-18-19-20-21-24-22(2)30-23(3)25(29)26(24)32-27(31)33-28(4,5)6/h7-21H2,1-6H3. The molecule has 0 spiro atoms. The number of nitrogens with zero attached hydrogens (tertiary/aromatic N) is 1. The molecule has 0 atom stereocenters. The van der Waals surface area contributed by atoms with Crippen LogP contribution in [-0.4, -0.2) is 16.7 Å². The largest absolute Gasteiger partial charge is 0.514 e. The topological polar surface area (TPSA) is 48.4 Å². The van der Waals surface area contributed by atoms with E-state index in [1.807, 2.05) is 34.6 Å². The highest BCUT2D eigenvalue weighted by Crippen LogP contribution is 2.32. The second-order valence-electron chi connectivity index (χ2n) is 10.3. The highest BCUT2D eigenvalue weighted by atomic mass is 127. The van der Waals surface area contributed by atoms with E-state index in [2.05, 4.69) is 34.5 Å². The van der Waals surface area contributed by atoms with Crippen LogP contribution in [0.15, 0.2) is 0 Å². The van der Waals surface area contributed by atoms with Gasteiger partial charge in [-0.25, -0.2) is 4.79 Å². The minimum atomic E-state index is -0.646. The number of unbranched alkanes of at least 4 members (excludes halogenated alkanes) is 13. The van der Waals surface area contributed by atoms with E-state index in [4.69, 9.17) is 9.47 Å². The summed E-state index contributed by atoms with van der Waals surface area (Å²) >= 11 is 2.22. The molecule has 0 aliphatic rings. The normalized spacial score (nSPS) is 11.6. The summed E-state index contributed by atoms with van der Waals surface area (Å²) in [6.07, 6.45) is 19.1. The van der Waals surface area contributed by atoms with Gasteiger partial charge in [-0.05, 0) is 70.1 Å². The predicted molar refractivity (Wildman–Crippen MR) is 147 cm³/mol. The molecule has 0 bridgehead atoms. The Hall–Kier alpha value is -0.850. The number of carbonyl (C=O) groups excluding carboxylic acids is 1. The van der Waals surface area contributed by atoms with Gasteiger partial charge in [0.05, 0.1) is 9.26 Å². The quantitative estimate of drug-likeness (QED) is 0.112. The van der Waals surface area contributed by atoms with E-state index in [-0.39, 0.29) is 0 Å². The SMILES string of the molecule is CCCCCCCCCCCCCCCCc1c(C)nc(C)c(I)c1OC(=O)OC(C)(C)C. The van der Waals surface area contributed by atoms with Gasteiger partial charge < -0.3 is 9.47 Å². The van der Waals surface area contributed by atoms with E-state index in [0.29, 0.717) is 5.75 Å². The lowest BCUT2D eigenvalue weighted by atomic mass is 10.0. The summed E-state index contributed by atoms with van der Waals surface area (Å²) in [5, 5.41) is 0. The first-order valence-corrected chi connectivity index (χ1v) is 14.3. The van der Waals surface area contributed by atoms with Crippen LogP contribution in [0, 0.1) is 17.4 Å².